The fraction of sp³-hybridized carbons (Fsp3) is 0.462. The summed E-state index contributed by atoms with van der Waals surface area (Å²) in [7, 11) is 6.19. The number of rotatable bonds is 5. The molecule has 0 radical (unpaired) electrons. The maximum atomic E-state index is 15.6. The van der Waals surface area contributed by atoms with Gasteiger partial charge in [-0.15, -0.1) is 0 Å². The first kappa shape index (κ1) is 24.8. The standard InChI is InChI=1S/C26H33FN4O4/c1-16-14-20-21(15-22(34-4)25(35-5)23(20)27)24(29-31(16)26(32)28-2)17-6-8-18(9-7-17)30-12-10-19(33-3)11-13-30/h6-9,15-16,19H,10-14H2,1-5H3,(H,28,32)/t16-/m1/s1. The second-order valence-electron chi connectivity index (χ2n) is 8.82. The van der Waals surface area contributed by atoms with Gasteiger partial charge in [-0.25, -0.2) is 14.2 Å². The van der Waals surface area contributed by atoms with Crippen molar-refractivity contribution >= 4 is 17.4 Å². The van der Waals surface area contributed by atoms with Gasteiger partial charge < -0.3 is 24.4 Å². The maximum absolute atomic E-state index is 15.6. The number of carbonyl (C=O) groups is 1. The van der Waals surface area contributed by atoms with Gasteiger partial charge in [-0.05, 0) is 44.4 Å². The predicted molar refractivity (Wildman–Crippen MR) is 133 cm³/mol. The highest BCUT2D eigenvalue weighted by Crippen LogP contribution is 2.38. The van der Waals surface area contributed by atoms with E-state index >= 15 is 4.39 Å². The Kier molecular flexibility index (Phi) is 7.45. The lowest BCUT2D eigenvalue weighted by Crippen LogP contribution is -2.41. The summed E-state index contributed by atoms with van der Waals surface area (Å²) < 4.78 is 31.8. The fourth-order valence-corrected chi connectivity index (χ4v) is 4.80. The third kappa shape index (κ3) is 4.77. The van der Waals surface area contributed by atoms with Crippen LogP contribution in [-0.4, -0.2) is 70.4 Å². The van der Waals surface area contributed by atoms with Gasteiger partial charge in [0.1, 0.15) is 0 Å². The van der Waals surface area contributed by atoms with Crippen LogP contribution in [0.5, 0.6) is 11.5 Å². The first-order valence-electron chi connectivity index (χ1n) is 11.8. The van der Waals surface area contributed by atoms with E-state index in [1.807, 2.05) is 31.2 Å². The Labute approximate surface area is 205 Å². The van der Waals surface area contributed by atoms with E-state index in [2.05, 4.69) is 10.2 Å². The zero-order valence-corrected chi connectivity index (χ0v) is 20.9. The summed E-state index contributed by atoms with van der Waals surface area (Å²) in [4.78, 5) is 15.0. The molecule has 4 rings (SSSR count). The Bertz CT molecular complexity index is 1100. The molecule has 9 heteroatoms. The zero-order valence-electron chi connectivity index (χ0n) is 20.9. The Morgan fingerprint density at radius 1 is 1.11 bits per heavy atom. The van der Waals surface area contributed by atoms with Crippen molar-refractivity contribution in [2.75, 3.05) is 46.4 Å². The smallest absolute Gasteiger partial charge is 0.337 e. The molecule has 1 fully saturated rings. The van der Waals surface area contributed by atoms with Crippen LogP contribution in [0.1, 0.15) is 36.5 Å². The van der Waals surface area contributed by atoms with Crippen LogP contribution in [0.15, 0.2) is 35.4 Å². The molecule has 2 aromatic rings. The van der Waals surface area contributed by atoms with E-state index in [9.17, 15) is 4.79 Å². The Morgan fingerprint density at radius 3 is 2.37 bits per heavy atom. The van der Waals surface area contributed by atoms with Crippen molar-refractivity contribution in [2.45, 2.75) is 38.3 Å². The van der Waals surface area contributed by atoms with E-state index in [1.54, 1.807) is 20.2 Å². The van der Waals surface area contributed by atoms with Gasteiger partial charge in [0.05, 0.1) is 32.1 Å². The van der Waals surface area contributed by atoms with Crippen molar-refractivity contribution in [3.8, 4) is 11.5 Å². The average Bonchev–Trinajstić information content (AvgIpc) is 3.04. The molecule has 1 atom stereocenters. The van der Waals surface area contributed by atoms with E-state index in [4.69, 9.17) is 19.3 Å². The Morgan fingerprint density at radius 2 is 1.80 bits per heavy atom. The monoisotopic (exact) mass is 484 g/mol. The van der Waals surface area contributed by atoms with Crippen LogP contribution in [0.25, 0.3) is 0 Å². The number of hydrogen-bond acceptors (Lipinski definition) is 6. The van der Waals surface area contributed by atoms with Crippen LogP contribution in [0.3, 0.4) is 0 Å². The predicted octanol–water partition coefficient (Wildman–Crippen LogP) is 3.80. The van der Waals surface area contributed by atoms with Crippen LogP contribution in [0, 0.1) is 5.82 Å². The van der Waals surface area contributed by atoms with Crippen molar-refractivity contribution in [3.05, 3.63) is 52.8 Å². The summed E-state index contributed by atoms with van der Waals surface area (Å²) >= 11 is 0. The lowest BCUT2D eigenvalue weighted by Gasteiger charge is -2.33. The quantitative estimate of drug-likeness (QED) is 0.699. The van der Waals surface area contributed by atoms with Crippen LogP contribution in [0.2, 0.25) is 0 Å². The number of fused-ring (bicyclic) bond motifs is 1. The molecule has 0 aliphatic carbocycles. The highest BCUT2D eigenvalue weighted by atomic mass is 19.1. The van der Waals surface area contributed by atoms with E-state index < -0.39 is 5.82 Å². The van der Waals surface area contributed by atoms with Crippen molar-refractivity contribution in [3.63, 3.8) is 0 Å². The van der Waals surface area contributed by atoms with Crippen LogP contribution >= 0.6 is 0 Å². The molecule has 188 valence electrons. The summed E-state index contributed by atoms with van der Waals surface area (Å²) in [5.41, 5.74) is 3.39. The lowest BCUT2D eigenvalue weighted by molar-refractivity contribution is 0.0819. The van der Waals surface area contributed by atoms with Gasteiger partial charge in [0.2, 0.25) is 0 Å². The molecule has 0 unspecified atom stereocenters. The summed E-state index contributed by atoms with van der Waals surface area (Å²) in [5, 5.41) is 8.72. The number of carbonyl (C=O) groups excluding carboxylic acids is 1. The summed E-state index contributed by atoms with van der Waals surface area (Å²) in [5.74, 6) is -0.186. The SMILES string of the molecule is CNC(=O)N1N=C(c2ccc(N3CCC(OC)CC3)cc2)c2cc(OC)c(OC)c(F)c2C[C@H]1C. The van der Waals surface area contributed by atoms with E-state index in [-0.39, 0.29) is 30.0 Å². The van der Waals surface area contributed by atoms with Crippen molar-refractivity contribution in [1.82, 2.24) is 10.3 Å². The minimum Gasteiger partial charge on any atom is -0.493 e. The third-order valence-corrected chi connectivity index (χ3v) is 6.80. The molecule has 2 amide bonds. The van der Waals surface area contributed by atoms with Crippen molar-refractivity contribution in [1.29, 1.82) is 0 Å². The minimum absolute atomic E-state index is 0.0426. The Balaban J connectivity index is 1.78. The number of anilines is 1. The number of hydrazone groups is 1. The van der Waals surface area contributed by atoms with E-state index in [0.717, 1.165) is 37.2 Å². The lowest BCUT2D eigenvalue weighted by atomic mass is 9.93. The number of benzene rings is 2. The number of nitrogens with zero attached hydrogens (tertiary/aromatic N) is 3. The molecule has 2 aliphatic rings. The number of amides is 2. The first-order chi connectivity index (χ1) is 16.9. The topological polar surface area (TPSA) is 75.6 Å². The number of ether oxygens (including phenoxy) is 3. The molecule has 0 bridgehead atoms. The van der Waals surface area contributed by atoms with Gasteiger partial charge in [-0.1, -0.05) is 12.1 Å². The van der Waals surface area contributed by atoms with Crippen LogP contribution in [0.4, 0.5) is 14.9 Å². The third-order valence-electron chi connectivity index (χ3n) is 6.80. The molecule has 2 heterocycles. The van der Waals surface area contributed by atoms with Crippen LogP contribution in [-0.2, 0) is 11.2 Å². The summed E-state index contributed by atoms with van der Waals surface area (Å²) in [6.07, 6.45) is 2.55. The maximum Gasteiger partial charge on any atom is 0.337 e. The van der Waals surface area contributed by atoms with Gasteiger partial charge in [0.25, 0.3) is 0 Å². The molecule has 0 aromatic heterocycles. The normalized spacial score (nSPS) is 18.5. The number of urea groups is 1. The van der Waals surface area contributed by atoms with Crippen LogP contribution < -0.4 is 19.7 Å². The highest BCUT2D eigenvalue weighted by Gasteiger charge is 2.31. The van der Waals surface area contributed by atoms with Crippen molar-refractivity contribution in [2.24, 2.45) is 5.10 Å². The average molecular weight is 485 g/mol. The number of nitrogens with one attached hydrogen (secondary N) is 1. The van der Waals surface area contributed by atoms with Gasteiger partial charge in [-0.2, -0.15) is 5.10 Å². The minimum atomic E-state index is -0.502. The first-order valence-corrected chi connectivity index (χ1v) is 11.8. The zero-order chi connectivity index (χ0) is 25.1. The summed E-state index contributed by atoms with van der Waals surface area (Å²) in [6.45, 7) is 3.69. The second kappa shape index (κ2) is 10.5. The molecule has 1 saturated heterocycles. The molecule has 8 nitrogen and oxygen atoms in total. The number of hydrogen-bond donors (Lipinski definition) is 1. The molecule has 35 heavy (non-hydrogen) atoms. The number of piperidine rings is 1. The number of methoxy groups -OCH3 is 3. The van der Waals surface area contributed by atoms with Gasteiger partial charge in [0, 0.05) is 49.6 Å². The van der Waals surface area contributed by atoms with Gasteiger partial charge in [-0.3, -0.25) is 0 Å². The Hall–Kier alpha value is -3.33. The van der Waals surface area contributed by atoms with E-state index in [0.29, 0.717) is 22.9 Å². The molecule has 2 aliphatic heterocycles. The molecule has 0 saturated carbocycles. The van der Waals surface area contributed by atoms with Gasteiger partial charge >= 0.3 is 6.03 Å². The largest absolute Gasteiger partial charge is 0.493 e. The molecule has 1 N–H and O–H groups in total. The molecule has 2 aromatic carbocycles. The van der Waals surface area contributed by atoms with E-state index in [1.165, 1.54) is 19.2 Å². The molecular formula is C26H33FN4O4. The summed E-state index contributed by atoms with van der Waals surface area (Å²) in [6, 6.07) is 9.01. The fourth-order valence-electron chi connectivity index (χ4n) is 4.80. The molecular weight excluding hydrogens is 451 g/mol. The number of halogens is 1. The highest BCUT2D eigenvalue weighted by molar-refractivity contribution is 6.14. The van der Waals surface area contributed by atoms with Gasteiger partial charge in [0.15, 0.2) is 17.3 Å². The van der Waals surface area contributed by atoms with Crippen molar-refractivity contribution < 1.29 is 23.4 Å². The molecule has 0 spiro atoms. The second-order valence-corrected chi connectivity index (χ2v) is 8.82.